The Morgan fingerprint density at radius 1 is 1.30 bits per heavy atom. The van der Waals surface area contributed by atoms with E-state index in [1.165, 1.54) is 12.1 Å². The molecule has 0 saturated carbocycles. The van der Waals surface area contributed by atoms with Gasteiger partial charge in [-0.25, -0.2) is 13.6 Å². The summed E-state index contributed by atoms with van der Waals surface area (Å²) in [5, 5.41) is 9.91. The van der Waals surface area contributed by atoms with Crippen LogP contribution in [-0.2, 0) is 15.5 Å². The molecule has 162 valence electrons. The third-order valence-corrected chi connectivity index (χ3v) is 5.80. The Kier molecular flexibility index (Phi) is 5.95. The van der Waals surface area contributed by atoms with Crippen LogP contribution in [0.5, 0.6) is 5.75 Å². The lowest BCUT2D eigenvalue weighted by Crippen LogP contribution is -2.28. The predicted octanol–water partition coefficient (Wildman–Crippen LogP) is 5.94. The van der Waals surface area contributed by atoms with Crippen LogP contribution in [0.3, 0.4) is 0 Å². The lowest BCUT2D eigenvalue weighted by atomic mass is 9.91. The van der Waals surface area contributed by atoms with Crippen LogP contribution in [-0.4, -0.2) is 28.3 Å². The average Bonchev–Trinajstić information content (AvgIpc) is 2.61. The molecule has 0 radical (unpaired) electrons. The Balaban J connectivity index is 2.29. The smallest absolute Gasteiger partial charge is 0.337 e. The molecule has 1 unspecified atom stereocenters. The van der Waals surface area contributed by atoms with E-state index in [2.05, 4.69) is 20.9 Å². The van der Waals surface area contributed by atoms with Crippen LogP contribution in [0.15, 0.2) is 22.7 Å². The standard InChI is InChI=1S/C22H24BrF2NO4/c1-11-16(19(20(27)28)30-21(3,4)5)17(18(23)12(2)26-11)13-6-7-15-14(10-13)22(24,25)8-9-29-15/h6-7,10,19H,8-9H2,1-5H3,(H,27,28). The number of fused-ring (bicyclic) bond motifs is 1. The third kappa shape index (κ3) is 4.34. The summed E-state index contributed by atoms with van der Waals surface area (Å²) < 4.78 is 40.8. The van der Waals surface area contributed by atoms with Gasteiger partial charge in [-0.1, -0.05) is 6.07 Å². The number of alkyl halides is 2. The zero-order valence-corrected chi connectivity index (χ0v) is 19.1. The molecule has 8 heteroatoms. The maximum atomic E-state index is 14.5. The number of aliphatic carboxylic acids is 1. The number of hydrogen-bond donors (Lipinski definition) is 1. The Labute approximate surface area is 182 Å². The molecular weight excluding hydrogens is 460 g/mol. The van der Waals surface area contributed by atoms with Gasteiger partial charge in [-0.05, 0) is 68.2 Å². The van der Waals surface area contributed by atoms with Crippen LogP contribution in [0.25, 0.3) is 11.1 Å². The number of carboxylic acids is 1. The van der Waals surface area contributed by atoms with Crippen molar-refractivity contribution in [3.05, 3.63) is 45.2 Å². The molecule has 30 heavy (non-hydrogen) atoms. The maximum absolute atomic E-state index is 14.5. The molecule has 1 aliphatic rings. The maximum Gasteiger partial charge on any atom is 0.337 e. The summed E-state index contributed by atoms with van der Waals surface area (Å²) in [5.41, 5.74) is 1.37. The highest BCUT2D eigenvalue weighted by atomic mass is 79.9. The van der Waals surface area contributed by atoms with Crippen LogP contribution in [0.2, 0.25) is 0 Å². The van der Waals surface area contributed by atoms with Gasteiger partial charge in [0.1, 0.15) is 5.75 Å². The Hall–Kier alpha value is -2.06. The van der Waals surface area contributed by atoms with Gasteiger partial charge in [0.2, 0.25) is 0 Å². The summed E-state index contributed by atoms with van der Waals surface area (Å²) in [7, 11) is 0. The van der Waals surface area contributed by atoms with Crippen molar-refractivity contribution in [1.82, 2.24) is 4.98 Å². The van der Waals surface area contributed by atoms with E-state index in [-0.39, 0.29) is 17.9 Å². The molecule has 5 nitrogen and oxygen atoms in total. The van der Waals surface area contributed by atoms with E-state index < -0.39 is 30.0 Å². The second-order valence-corrected chi connectivity index (χ2v) is 9.14. The molecule has 0 saturated heterocycles. The van der Waals surface area contributed by atoms with Crippen molar-refractivity contribution in [2.24, 2.45) is 0 Å². The van der Waals surface area contributed by atoms with Crippen molar-refractivity contribution in [2.45, 2.75) is 58.7 Å². The van der Waals surface area contributed by atoms with Crippen molar-refractivity contribution in [3.8, 4) is 16.9 Å². The summed E-state index contributed by atoms with van der Waals surface area (Å²) in [4.78, 5) is 16.6. The average molecular weight is 484 g/mol. The number of carboxylic acid groups (broad SMARTS) is 1. The van der Waals surface area contributed by atoms with E-state index in [1.807, 2.05) is 0 Å². The number of halogens is 3. The van der Waals surface area contributed by atoms with Gasteiger partial charge in [-0.15, -0.1) is 0 Å². The topological polar surface area (TPSA) is 68.7 Å². The molecule has 0 amide bonds. The molecule has 1 atom stereocenters. The Bertz CT molecular complexity index is 1000. The van der Waals surface area contributed by atoms with Crippen LogP contribution in [0.4, 0.5) is 8.78 Å². The minimum atomic E-state index is -3.03. The molecular formula is C22H24BrF2NO4. The zero-order chi connectivity index (χ0) is 22.4. The van der Waals surface area contributed by atoms with E-state index in [0.29, 0.717) is 32.6 Å². The van der Waals surface area contributed by atoms with Crippen LogP contribution >= 0.6 is 15.9 Å². The fraction of sp³-hybridized carbons (Fsp3) is 0.455. The molecule has 0 spiro atoms. The molecule has 2 aromatic rings. The van der Waals surface area contributed by atoms with E-state index in [4.69, 9.17) is 9.47 Å². The number of hydrogen-bond acceptors (Lipinski definition) is 4. The highest BCUT2D eigenvalue weighted by Gasteiger charge is 2.39. The Morgan fingerprint density at radius 3 is 2.57 bits per heavy atom. The number of carbonyl (C=O) groups is 1. The first-order valence-electron chi connectivity index (χ1n) is 9.54. The number of benzene rings is 1. The highest BCUT2D eigenvalue weighted by Crippen LogP contribution is 2.46. The van der Waals surface area contributed by atoms with Crippen molar-refractivity contribution >= 4 is 21.9 Å². The van der Waals surface area contributed by atoms with Crippen molar-refractivity contribution in [3.63, 3.8) is 0 Å². The molecule has 2 heterocycles. The van der Waals surface area contributed by atoms with Crippen LogP contribution < -0.4 is 4.74 Å². The second kappa shape index (κ2) is 7.89. The second-order valence-electron chi connectivity index (χ2n) is 8.35. The number of pyridine rings is 1. The number of aryl methyl sites for hydroxylation is 2. The lowest BCUT2D eigenvalue weighted by Gasteiger charge is -2.29. The van der Waals surface area contributed by atoms with Crippen LogP contribution in [0.1, 0.15) is 55.8 Å². The van der Waals surface area contributed by atoms with E-state index in [0.717, 1.165) is 0 Å². The number of ether oxygens (including phenoxy) is 2. The first kappa shape index (κ1) is 22.6. The van der Waals surface area contributed by atoms with E-state index in [1.54, 1.807) is 40.7 Å². The molecule has 3 rings (SSSR count). The minimum absolute atomic E-state index is 0.0533. The summed E-state index contributed by atoms with van der Waals surface area (Å²) >= 11 is 3.49. The summed E-state index contributed by atoms with van der Waals surface area (Å²) in [6.45, 7) is 8.67. The molecule has 1 aromatic carbocycles. The van der Waals surface area contributed by atoms with Gasteiger partial charge < -0.3 is 14.6 Å². The zero-order valence-electron chi connectivity index (χ0n) is 17.5. The molecule has 1 aliphatic heterocycles. The minimum Gasteiger partial charge on any atom is -0.493 e. The summed E-state index contributed by atoms with van der Waals surface area (Å²) in [6, 6.07) is 4.52. The molecule has 0 fully saturated rings. The predicted molar refractivity (Wildman–Crippen MR) is 112 cm³/mol. The molecule has 1 N–H and O–H groups in total. The Morgan fingerprint density at radius 2 is 1.97 bits per heavy atom. The number of nitrogens with zero attached hydrogens (tertiary/aromatic N) is 1. The van der Waals surface area contributed by atoms with Gasteiger partial charge >= 0.3 is 5.97 Å². The SMILES string of the molecule is Cc1nc(C)c(C(OC(C)(C)C)C(=O)O)c(-c2ccc3c(c2)C(F)(F)CCO3)c1Br. The normalized spacial score (nSPS) is 16.5. The first-order chi connectivity index (χ1) is 13.8. The van der Waals surface area contributed by atoms with Gasteiger partial charge in [0.05, 0.1) is 29.9 Å². The van der Waals surface area contributed by atoms with E-state index >= 15 is 0 Å². The largest absolute Gasteiger partial charge is 0.493 e. The summed E-state index contributed by atoms with van der Waals surface area (Å²) in [5.74, 6) is -4.07. The quantitative estimate of drug-likeness (QED) is 0.582. The molecule has 0 bridgehead atoms. The summed E-state index contributed by atoms with van der Waals surface area (Å²) in [6.07, 6.45) is -1.73. The van der Waals surface area contributed by atoms with Gasteiger partial charge in [0.25, 0.3) is 5.92 Å². The van der Waals surface area contributed by atoms with E-state index in [9.17, 15) is 18.7 Å². The van der Waals surface area contributed by atoms with Gasteiger partial charge in [0.15, 0.2) is 6.10 Å². The first-order valence-corrected chi connectivity index (χ1v) is 10.3. The van der Waals surface area contributed by atoms with Crippen molar-refractivity contribution in [1.29, 1.82) is 0 Å². The third-order valence-electron chi connectivity index (χ3n) is 4.83. The molecule has 0 aliphatic carbocycles. The number of aromatic nitrogens is 1. The fourth-order valence-corrected chi connectivity index (χ4v) is 4.08. The molecule has 1 aromatic heterocycles. The highest BCUT2D eigenvalue weighted by molar-refractivity contribution is 9.10. The van der Waals surface area contributed by atoms with Gasteiger partial charge in [-0.3, -0.25) is 4.98 Å². The van der Waals surface area contributed by atoms with Crippen LogP contribution in [0, 0.1) is 13.8 Å². The van der Waals surface area contributed by atoms with Gasteiger partial charge in [0, 0.05) is 21.3 Å². The fourth-order valence-electron chi connectivity index (χ4n) is 3.55. The van der Waals surface area contributed by atoms with Crippen molar-refractivity contribution < 1.29 is 28.2 Å². The lowest BCUT2D eigenvalue weighted by molar-refractivity contribution is -0.160. The van der Waals surface area contributed by atoms with Gasteiger partial charge in [-0.2, -0.15) is 0 Å². The number of rotatable bonds is 4. The monoisotopic (exact) mass is 483 g/mol. The van der Waals surface area contributed by atoms with Crippen molar-refractivity contribution in [2.75, 3.05) is 6.61 Å².